The zero-order valence-corrected chi connectivity index (χ0v) is 13.9. The maximum absolute atomic E-state index is 12.8. The third-order valence-corrected chi connectivity index (χ3v) is 6.41. The Kier molecular flexibility index (Phi) is 3.42. The lowest BCUT2D eigenvalue weighted by Gasteiger charge is -2.32. The summed E-state index contributed by atoms with van der Waals surface area (Å²) >= 11 is 0. The van der Waals surface area contributed by atoms with Crippen LogP contribution in [0.2, 0.25) is 0 Å². The highest BCUT2D eigenvalue weighted by Gasteiger charge is 2.66. The maximum atomic E-state index is 12.8. The summed E-state index contributed by atoms with van der Waals surface area (Å²) < 4.78 is 0. The van der Waals surface area contributed by atoms with Crippen LogP contribution in [0.1, 0.15) is 45.6 Å². The first kappa shape index (κ1) is 15.3. The van der Waals surface area contributed by atoms with E-state index in [0.29, 0.717) is 18.1 Å². The molecule has 1 amide bonds. The topological polar surface area (TPSA) is 46.2 Å². The number of carbonyl (C=O) groups is 2. The highest BCUT2D eigenvalue weighted by Crippen LogP contribution is 2.66. The molecule has 2 aliphatic carbocycles. The lowest BCUT2D eigenvalue weighted by molar-refractivity contribution is -0.133. The van der Waals surface area contributed by atoms with Gasteiger partial charge in [0.25, 0.3) is 0 Å². The molecule has 0 aliphatic heterocycles. The quantitative estimate of drug-likeness (QED) is 0.918. The molecule has 0 radical (unpaired) electrons. The highest BCUT2D eigenvalue weighted by molar-refractivity contribution is 5.98. The molecular formula is C19H25NO2. The van der Waals surface area contributed by atoms with Crippen molar-refractivity contribution in [3.8, 4) is 0 Å². The Balaban J connectivity index is 1.70. The van der Waals surface area contributed by atoms with Gasteiger partial charge in [-0.15, -0.1) is 0 Å². The number of aryl methyl sites for hydroxylation is 1. The fraction of sp³-hybridized carbons (Fsp3) is 0.579. The molecule has 1 aromatic rings. The average Bonchev–Trinajstić information content (AvgIpc) is 2.76. The number of Topliss-reactive ketones (excluding diaryl/α,β-unsaturated/α-hetero) is 1. The van der Waals surface area contributed by atoms with E-state index in [1.807, 2.05) is 31.2 Å². The Morgan fingerprint density at radius 2 is 1.86 bits per heavy atom. The van der Waals surface area contributed by atoms with Gasteiger partial charge in [-0.05, 0) is 43.2 Å². The second-order valence-electron chi connectivity index (χ2n) is 7.79. The molecule has 3 unspecified atom stereocenters. The van der Waals surface area contributed by atoms with Gasteiger partial charge >= 0.3 is 0 Å². The Morgan fingerprint density at radius 3 is 2.41 bits per heavy atom. The van der Waals surface area contributed by atoms with Crippen LogP contribution in [0.4, 0.5) is 5.69 Å². The number of benzene rings is 1. The van der Waals surface area contributed by atoms with E-state index < -0.39 is 0 Å². The fourth-order valence-corrected chi connectivity index (χ4v) is 4.56. The Labute approximate surface area is 132 Å². The summed E-state index contributed by atoms with van der Waals surface area (Å²) in [6.07, 6.45) is 2.35. The Bertz CT molecular complexity index is 617. The number of rotatable bonds is 3. The second-order valence-corrected chi connectivity index (χ2v) is 7.79. The standard InChI is InChI=1S/C19H25NO2/c1-12-5-7-13(8-6-12)20-16(21)11-14-15-9-10-19(4,17(14)22)18(15,2)3/h5-8,14-15H,9-11H2,1-4H3,(H,20,21). The molecule has 2 saturated carbocycles. The van der Waals surface area contributed by atoms with Crippen LogP contribution >= 0.6 is 0 Å². The Hall–Kier alpha value is -1.64. The van der Waals surface area contributed by atoms with Crippen LogP contribution in [-0.4, -0.2) is 11.7 Å². The first-order chi connectivity index (χ1) is 10.3. The van der Waals surface area contributed by atoms with Crippen molar-refractivity contribution in [2.75, 3.05) is 5.32 Å². The summed E-state index contributed by atoms with van der Waals surface area (Å²) in [5.74, 6) is 0.481. The number of nitrogens with one attached hydrogen (secondary N) is 1. The SMILES string of the molecule is Cc1ccc(NC(=O)CC2C(=O)C3(C)CCC2C3(C)C)cc1. The highest BCUT2D eigenvalue weighted by atomic mass is 16.2. The summed E-state index contributed by atoms with van der Waals surface area (Å²) in [5, 5.41) is 2.92. The van der Waals surface area contributed by atoms with Crippen LogP contribution in [0.25, 0.3) is 0 Å². The minimum Gasteiger partial charge on any atom is -0.326 e. The van der Waals surface area contributed by atoms with E-state index in [1.54, 1.807) is 0 Å². The second kappa shape index (κ2) is 4.94. The predicted octanol–water partition coefficient (Wildman–Crippen LogP) is 3.97. The molecule has 3 rings (SSSR count). The molecule has 0 spiro atoms. The van der Waals surface area contributed by atoms with E-state index in [-0.39, 0.29) is 22.7 Å². The first-order valence-electron chi connectivity index (χ1n) is 8.16. The molecule has 2 bridgehead atoms. The molecule has 3 atom stereocenters. The molecule has 0 saturated heterocycles. The predicted molar refractivity (Wildman–Crippen MR) is 87.5 cm³/mol. The first-order valence-corrected chi connectivity index (χ1v) is 8.16. The number of fused-ring (bicyclic) bond motifs is 2. The van der Waals surface area contributed by atoms with Gasteiger partial charge in [-0.1, -0.05) is 38.5 Å². The van der Waals surface area contributed by atoms with Crippen molar-refractivity contribution in [2.24, 2.45) is 22.7 Å². The van der Waals surface area contributed by atoms with Gasteiger partial charge in [0.15, 0.2) is 0 Å². The van der Waals surface area contributed by atoms with Crippen LogP contribution < -0.4 is 5.32 Å². The fourth-order valence-electron chi connectivity index (χ4n) is 4.56. The van der Waals surface area contributed by atoms with Crippen molar-refractivity contribution < 1.29 is 9.59 Å². The normalized spacial score (nSPS) is 32.3. The zero-order chi connectivity index (χ0) is 16.1. The molecule has 1 N–H and O–H groups in total. The van der Waals surface area contributed by atoms with Crippen molar-refractivity contribution in [1.82, 2.24) is 0 Å². The summed E-state index contributed by atoms with van der Waals surface area (Å²) in [5.41, 5.74) is 1.73. The van der Waals surface area contributed by atoms with Crippen LogP contribution in [0, 0.1) is 29.6 Å². The summed E-state index contributed by atoms with van der Waals surface area (Å²) in [7, 11) is 0. The summed E-state index contributed by atoms with van der Waals surface area (Å²) in [6.45, 7) is 8.50. The van der Waals surface area contributed by atoms with Crippen LogP contribution in [0.15, 0.2) is 24.3 Å². The number of hydrogen-bond donors (Lipinski definition) is 1. The van der Waals surface area contributed by atoms with E-state index in [4.69, 9.17) is 0 Å². The van der Waals surface area contributed by atoms with Crippen molar-refractivity contribution >= 4 is 17.4 Å². The van der Waals surface area contributed by atoms with Crippen LogP contribution in [0.3, 0.4) is 0 Å². The number of anilines is 1. The third kappa shape index (κ3) is 2.10. The monoisotopic (exact) mass is 299 g/mol. The smallest absolute Gasteiger partial charge is 0.225 e. The minimum absolute atomic E-state index is 0.0128. The molecule has 1 aromatic carbocycles. The molecule has 2 aliphatic rings. The van der Waals surface area contributed by atoms with Gasteiger partial charge < -0.3 is 5.32 Å². The largest absolute Gasteiger partial charge is 0.326 e. The summed E-state index contributed by atoms with van der Waals surface area (Å²) in [6, 6.07) is 7.76. The van der Waals surface area contributed by atoms with Crippen molar-refractivity contribution in [1.29, 1.82) is 0 Å². The molecule has 0 heterocycles. The number of carbonyl (C=O) groups excluding carboxylic acids is 2. The molecule has 3 nitrogen and oxygen atoms in total. The van der Waals surface area contributed by atoms with E-state index in [0.717, 1.165) is 24.1 Å². The van der Waals surface area contributed by atoms with Gasteiger partial charge in [0, 0.05) is 23.4 Å². The number of hydrogen-bond acceptors (Lipinski definition) is 2. The van der Waals surface area contributed by atoms with Gasteiger partial charge in [0.1, 0.15) is 5.78 Å². The summed E-state index contributed by atoms with van der Waals surface area (Å²) in [4.78, 5) is 25.1. The van der Waals surface area contributed by atoms with Crippen molar-refractivity contribution in [3.05, 3.63) is 29.8 Å². The van der Waals surface area contributed by atoms with E-state index >= 15 is 0 Å². The average molecular weight is 299 g/mol. The van der Waals surface area contributed by atoms with Crippen molar-refractivity contribution in [2.45, 2.75) is 47.0 Å². The third-order valence-electron chi connectivity index (χ3n) is 6.41. The Morgan fingerprint density at radius 1 is 1.23 bits per heavy atom. The van der Waals surface area contributed by atoms with Gasteiger partial charge in [-0.25, -0.2) is 0 Å². The lowest BCUT2D eigenvalue weighted by Crippen LogP contribution is -2.34. The van der Waals surface area contributed by atoms with Gasteiger partial charge in [-0.3, -0.25) is 9.59 Å². The van der Waals surface area contributed by atoms with Crippen LogP contribution in [0.5, 0.6) is 0 Å². The number of amides is 1. The van der Waals surface area contributed by atoms with Gasteiger partial charge in [0.05, 0.1) is 0 Å². The van der Waals surface area contributed by atoms with E-state index in [9.17, 15) is 9.59 Å². The van der Waals surface area contributed by atoms with Crippen molar-refractivity contribution in [3.63, 3.8) is 0 Å². The maximum Gasteiger partial charge on any atom is 0.225 e. The van der Waals surface area contributed by atoms with E-state index in [1.165, 1.54) is 0 Å². The molecular weight excluding hydrogens is 274 g/mol. The molecule has 0 aromatic heterocycles. The molecule has 2 fully saturated rings. The molecule has 3 heteroatoms. The minimum atomic E-state index is -0.244. The number of ketones is 1. The molecule has 118 valence electrons. The van der Waals surface area contributed by atoms with Crippen LogP contribution in [-0.2, 0) is 9.59 Å². The van der Waals surface area contributed by atoms with E-state index in [2.05, 4.69) is 26.1 Å². The zero-order valence-electron chi connectivity index (χ0n) is 13.9. The van der Waals surface area contributed by atoms with Gasteiger partial charge in [-0.2, -0.15) is 0 Å². The van der Waals surface area contributed by atoms with Gasteiger partial charge in [0.2, 0.25) is 5.91 Å². The molecule has 22 heavy (non-hydrogen) atoms. The lowest BCUT2D eigenvalue weighted by atomic mass is 9.70.